The number of amides is 1. The first-order valence-electron chi connectivity index (χ1n) is 13.8. The lowest BCUT2D eigenvalue weighted by Crippen LogP contribution is -2.37. The molecule has 40 heavy (non-hydrogen) atoms. The maximum atomic E-state index is 14.0. The molecule has 0 unspecified atom stereocenters. The molecule has 204 valence electrons. The number of hydrogen-bond donors (Lipinski definition) is 1. The van der Waals surface area contributed by atoms with Crippen LogP contribution in [0.2, 0.25) is 0 Å². The first-order chi connectivity index (χ1) is 19.6. The van der Waals surface area contributed by atoms with Crippen LogP contribution >= 0.6 is 0 Å². The summed E-state index contributed by atoms with van der Waals surface area (Å²) >= 11 is 0. The third-order valence-electron chi connectivity index (χ3n) is 7.48. The number of esters is 1. The van der Waals surface area contributed by atoms with Gasteiger partial charge in [-0.05, 0) is 59.9 Å². The maximum absolute atomic E-state index is 14.0. The van der Waals surface area contributed by atoms with E-state index in [1.807, 2.05) is 60.6 Å². The van der Waals surface area contributed by atoms with E-state index in [-0.39, 0.29) is 11.8 Å². The van der Waals surface area contributed by atoms with Gasteiger partial charge in [-0.3, -0.25) is 9.69 Å². The van der Waals surface area contributed by atoms with E-state index in [0.717, 1.165) is 64.7 Å². The van der Waals surface area contributed by atoms with Crippen molar-refractivity contribution in [3.63, 3.8) is 0 Å². The number of aromatic nitrogens is 2. The predicted molar refractivity (Wildman–Crippen MR) is 160 cm³/mol. The molecule has 1 amide bonds. The lowest BCUT2D eigenvalue weighted by Gasteiger charge is -2.29. The van der Waals surface area contributed by atoms with Crippen LogP contribution in [-0.2, 0) is 20.9 Å². The number of carbonyl (C=O) groups excluding carboxylic acids is 2. The van der Waals surface area contributed by atoms with Gasteiger partial charge < -0.3 is 10.1 Å². The van der Waals surface area contributed by atoms with Crippen molar-refractivity contribution in [2.24, 2.45) is 5.92 Å². The van der Waals surface area contributed by atoms with Crippen LogP contribution in [0.5, 0.6) is 0 Å². The van der Waals surface area contributed by atoms with Crippen LogP contribution in [-0.4, -0.2) is 36.0 Å². The molecule has 0 aliphatic heterocycles. The Morgan fingerprint density at radius 1 is 1.00 bits per heavy atom. The van der Waals surface area contributed by atoms with Crippen LogP contribution in [0, 0.1) is 5.92 Å². The zero-order valence-electron chi connectivity index (χ0n) is 23.0. The molecular weight excluding hydrogens is 500 g/mol. The van der Waals surface area contributed by atoms with E-state index < -0.39 is 5.97 Å². The van der Waals surface area contributed by atoms with Crippen molar-refractivity contribution in [2.75, 3.05) is 24.4 Å². The fourth-order valence-electron chi connectivity index (χ4n) is 5.23. The van der Waals surface area contributed by atoms with Crippen LogP contribution in [0.4, 0.5) is 11.6 Å². The highest BCUT2D eigenvalue weighted by Gasteiger charge is 2.28. The predicted octanol–water partition coefficient (Wildman–Crippen LogP) is 6.64. The second-order valence-electron chi connectivity index (χ2n) is 10.1. The Morgan fingerprint density at radius 3 is 2.45 bits per heavy atom. The number of hydrogen-bond acceptors (Lipinski definition) is 6. The Hall–Kier alpha value is -4.52. The van der Waals surface area contributed by atoms with Gasteiger partial charge in [-0.25, -0.2) is 14.8 Å². The van der Waals surface area contributed by atoms with Crippen molar-refractivity contribution in [1.29, 1.82) is 0 Å². The summed E-state index contributed by atoms with van der Waals surface area (Å²) in [6.45, 7) is 0.401. The maximum Gasteiger partial charge on any atom is 0.330 e. The van der Waals surface area contributed by atoms with Gasteiger partial charge in [-0.15, -0.1) is 0 Å². The molecule has 7 heteroatoms. The number of anilines is 2. The molecule has 4 aromatic rings. The molecule has 0 saturated heterocycles. The van der Waals surface area contributed by atoms with Gasteiger partial charge in [0.25, 0.3) is 0 Å². The number of ether oxygens (including phenoxy) is 1. The molecule has 0 radical (unpaired) electrons. The molecular formula is C33H34N4O3. The molecule has 7 nitrogen and oxygen atoms in total. The number of pyridine rings is 2. The molecule has 2 aromatic heterocycles. The highest BCUT2D eigenvalue weighted by Crippen LogP contribution is 2.31. The Kier molecular flexibility index (Phi) is 8.50. The highest BCUT2D eigenvalue weighted by molar-refractivity contribution is 5.98. The molecule has 1 aliphatic rings. The Labute approximate surface area is 234 Å². The van der Waals surface area contributed by atoms with Gasteiger partial charge in [0.15, 0.2) is 0 Å². The van der Waals surface area contributed by atoms with E-state index in [4.69, 9.17) is 9.72 Å². The number of benzene rings is 2. The number of fused-ring (bicyclic) bond motifs is 1. The number of nitrogens with zero attached hydrogens (tertiary/aromatic N) is 3. The number of carbonyl (C=O) groups is 2. The van der Waals surface area contributed by atoms with Gasteiger partial charge in [0.1, 0.15) is 11.6 Å². The molecule has 5 rings (SSSR count). The summed E-state index contributed by atoms with van der Waals surface area (Å²) in [7, 11) is 3.20. The summed E-state index contributed by atoms with van der Waals surface area (Å²) in [6.07, 6.45) is 10.1. The lowest BCUT2D eigenvalue weighted by atomic mass is 9.88. The van der Waals surface area contributed by atoms with Gasteiger partial charge >= 0.3 is 5.97 Å². The van der Waals surface area contributed by atoms with Gasteiger partial charge in [-0.2, -0.15) is 0 Å². The van der Waals surface area contributed by atoms with Gasteiger partial charge in [0, 0.05) is 36.2 Å². The zero-order chi connectivity index (χ0) is 27.9. The van der Waals surface area contributed by atoms with Crippen LogP contribution in [0.1, 0.15) is 43.2 Å². The first kappa shape index (κ1) is 27.1. The monoisotopic (exact) mass is 534 g/mol. The summed E-state index contributed by atoms with van der Waals surface area (Å²) in [4.78, 5) is 37.0. The fourth-order valence-corrected chi connectivity index (χ4v) is 5.23. The van der Waals surface area contributed by atoms with Crippen molar-refractivity contribution in [3.05, 3.63) is 90.1 Å². The van der Waals surface area contributed by atoms with Crippen molar-refractivity contribution in [1.82, 2.24) is 9.97 Å². The summed E-state index contributed by atoms with van der Waals surface area (Å²) in [5.74, 6) is 1.04. The minimum absolute atomic E-state index is 0.0212. The second kappa shape index (κ2) is 12.6. The van der Waals surface area contributed by atoms with E-state index >= 15 is 0 Å². The number of rotatable bonds is 8. The van der Waals surface area contributed by atoms with Gasteiger partial charge in [0.2, 0.25) is 5.91 Å². The quantitative estimate of drug-likeness (QED) is 0.202. The SMILES string of the molecule is CNc1ccc(-c2ccc(CN(C(=O)C3CCCCC3)c3cc(/C=C/C(=O)OC)c4ccccc4n3)cc2)cn1. The average Bonchev–Trinajstić information content (AvgIpc) is 3.02. The Bertz CT molecular complexity index is 1510. The summed E-state index contributed by atoms with van der Waals surface area (Å²) in [5.41, 5.74) is 4.66. The number of nitrogens with one attached hydrogen (secondary N) is 1. The molecule has 1 fully saturated rings. The van der Waals surface area contributed by atoms with E-state index in [9.17, 15) is 9.59 Å². The van der Waals surface area contributed by atoms with Crippen molar-refractivity contribution in [3.8, 4) is 11.1 Å². The number of methoxy groups -OCH3 is 1. The normalized spacial score (nSPS) is 13.8. The summed E-state index contributed by atoms with van der Waals surface area (Å²) < 4.78 is 4.80. The molecule has 0 bridgehead atoms. The lowest BCUT2D eigenvalue weighted by molar-refractivity contribution is -0.134. The van der Waals surface area contributed by atoms with E-state index in [1.165, 1.54) is 19.6 Å². The van der Waals surface area contributed by atoms with Crippen molar-refractivity contribution in [2.45, 2.75) is 38.6 Å². The van der Waals surface area contributed by atoms with E-state index in [2.05, 4.69) is 34.6 Å². The third-order valence-corrected chi connectivity index (χ3v) is 7.48. The highest BCUT2D eigenvalue weighted by atomic mass is 16.5. The van der Waals surface area contributed by atoms with Crippen LogP contribution in [0.25, 0.3) is 28.1 Å². The Balaban J connectivity index is 1.50. The molecule has 2 heterocycles. The molecule has 0 atom stereocenters. The van der Waals surface area contributed by atoms with Crippen LogP contribution < -0.4 is 10.2 Å². The number of para-hydroxylation sites is 1. The van der Waals surface area contributed by atoms with Gasteiger partial charge in [-0.1, -0.05) is 61.7 Å². The molecule has 2 aromatic carbocycles. The topological polar surface area (TPSA) is 84.4 Å². The van der Waals surface area contributed by atoms with Crippen molar-refractivity contribution < 1.29 is 14.3 Å². The fraction of sp³-hybridized carbons (Fsp3) is 0.273. The average molecular weight is 535 g/mol. The zero-order valence-corrected chi connectivity index (χ0v) is 23.0. The van der Waals surface area contributed by atoms with E-state index in [0.29, 0.717) is 12.4 Å². The third kappa shape index (κ3) is 6.20. The molecule has 1 saturated carbocycles. The summed E-state index contributed by atoms with van der Waals surface area (Å²) in [5, 5.41) is 3.94. The van der Waals surface area contributed by atoms with Crippen molar-refractivity contribution >= 4 is 40.5 Å². The molecule has 1 N–H and O–H groups in total. The van der Waals surface area contributed by atoms with Crippen LogP contribution in [0.3, 0.4) is 0 Å². The standard InChI is InChI=1S/C33H34N4O3/c1-34-30-18-16-27(21-35-30)24-14-12-23(13-15-24)22-37(33(39)25-8-4-3-5-9-25)31-20-26(17-19-32(38)40-2)28-10-6-7-11-29(28)36-31/h6-7,10-21,25H,3-5,8-9,22H2,1-2H3,(H,34,35)/b19-17+. The summed E-state index contributed by atoms with van der Waals surface area (Å²) in [6, 6.07) is 21.9. The first-order valence-corrected chi connectivity index (χ1v) is 13.8. The largest absolute Gasteiger partial charge is 0.466 e. The smallest absolute Gasteiger partial charge is 0.330 e. The van der Waals surface area contributed by atoms with E-state index in [1.54, 1.807) is 6.08 Å². The van der Waals surface area contributed by atoms with Gasteiger partial charge in [0.05, 0.1) is 19.2 Å². The molecule has 0 spiro atoms. The second-order valence-corrected chi connectivity index (χ2v) is 10.1. The van der Waals surface area contributed by atoms with Crippen LogP contribution in [0.15, 0.2) is 79.0 Å². The molecule has 1 aliphatic carbocycles. The minimum atomic E-state index is -0.437. The minimum Gasteiger partial charge on any atom is -0.466 e. The Morgan fingerprint density at radius 2 is 1.75 bits per heavy atom.